The van der Waals surface area contributed by atoms with Gasteiger partial charge in [0.25, 0.3) is 0 Å². The predicted octanol–water partition coefficient (Wildman–Crippen LogP) is 4.53. The molecule has 0 radical (unpaired) electrons. The molecular formula is C28H30N2O4. The molecule has 5 rings (SSSR count). The van der Waals surface area contributed by atoms with E-state index in [4.69, 9.17) is 9.47 Å². The summed E-state index contributed by atoms with van der Waals surface area (Å²) in [5.41, 5.74) is 4.45. The number of amides is 1. The number of rotatable bonds is 5. The Hall–Kier alpha value is -3.51. The fourth-order valence-electron chi connectivity index (χ4n) is 5.10. The van der Waals surface area contributed by atoms with Crippen molar-refractivity contribution in [3.8, 4) is 17.2 Å². The number of ether oxygens (including phenoxy) is 2. The quantitative estimate of drug-likeness (QED) is 0.588. The topological polar surface area (TPSA) is 71.0 Å². The van der Waals surface area contributed by atoms with Gasteiger partial charge < -0.3 is 19.9 Å². The van der Waals surface area contributed by atoms with E-state index < -0.39 is 0 Å². The summed E-state index contributed by atoms with van der Waals surface area (Å²) in [5.74, 6) is 1.69. The number of benzene rings is 3. The van der Waals surface area contributed by atoms with E-state index in [0.29, 0.717) is 31.1 Å². The molecule has 0 unspecified atom stereocenters. The van der Waals surface area contributed by atoms with Gasteiger partial charge >= 0.3 is 0 Å². The van der Waals surface area contributed by atoms with Crippen molar-refractivity contribution in [2.45, 2.75) is 44.5 Å². The summed E-state index contributed by atoms with van der Waals surface area (Å²) < 4.78 is 12.4. The normalized spacial score (nSPS) is 20.3. The van der Waals surface area contributed by atoms with Gasteiger partial charge in [-0.2, -0.15) is 0 Å². The lowest BCUT2D eigenvalue weighted by molar-refractivity contribution is -0.127. The molecule has 176 valence electrons. The van der Waals surface area contributed by atoms with Gasteiger partial charge in [0.05, 0.1) is 6.04 Å². The lowest BCUT2D eigenvalue weighted by atomic mass is 9.89. The number of aromatic hydroxyl groups is 1. The minimum absolute atomic E-state index is 0.0299. The van der Waals surface area contributed by atoms with Crippen molar-refractivity contribution in [3.63, 3.8) is 0 Å². The number of hydrogen-bond donors (Lipinski definition) is 2. The van der Waals surface area contributed by atoms with Crippen molar-refractivity contribution in [1.29, 1.82) is 0 Å². The van der Waals surface area contributed by atoms with E-state index in [1.165, 1.54) is 5.56 Å². The summed E-state index contributed by atoms with van der Waals surface area (Å²) in [6.07, 6.45) is 1.29. The minimum Gasteiger partial charge on any atom is -0.508 e. The third-order valence-electron chi connectivity index (χ3n) is 6.88. The standard InChI is InChI=1S/C28H30N2O4/c1-3-23(18-7-5-4-6-8-18)30-16-21-15-26-25(14-20(21)13-24(30)28(32)29-2)33-17-27(34-26)19-9-11-22(31)12-10-19/h4-12,14-15,23-24,27,31H,3,13,16-17H2,1-2H3,(H,29,32)/t23-,24-,27+/m0/s1. The minimum atomic E-state index is -0.255. The second-order valence-electron chi connectivity index (χ2n) is 8.92. The van der Waals surface area contributed by atoms with E-state index in [1.807, 2.05) is 24.3 Å². The highest BCUT2D eigenvalue weighted by Gasteiger charge is 2.37. The Bertz CT molecular complexity index is 1160. The Morgan fingerprint density at radius 1 is 1.09 bits per heavy atom. The van der Waals surface area contributed by atoms with E-state index in [0.717, 1.165) is 23.1 Å². The first kappa shape index (κ1) is 22.3. The Labute approximate surface area is 200 Å². The lowest BCUT2D eigenvalue weighted by Gasteiger charge is -2.41. The van der Waals surface area contributed by atoms with Gasteiger partial charge in [-0.25, -0.2) is 0 Å². The molecule has 3 aromatic rings. The van der Waals surface area contributed by atoms with Crippen LogP contribution in [0.4, 0.5) is 0 Å². The number of nitrogens with zero attached hydrogens (tertiary/aromatic N) is 1. The van der Waals surface area contributed by atoms with Crippen LogP contribution in [0.2, 0.25) is 0 Å². The molecular weight excluding hydrogens is 428 g/mol. The van der Waals surface area contributed by atoms with Gasteiger partial charge in [-0.1, -0.05) is 49.4 Å². The highest BCUT2D eigenvalue weighted by atomic mass is 16.6. The van der Waals surface area contributed by atoms with Gasteiger partial charge in [0.15, 0.2) is 17.6 Å². The summed E-state index contributed by atoms with van der Waals surface area (Å²) >= 11 is 0. The van der Waals surface area contributed by atoms with Crippen LogP contribution in [0.25, 0.3) is 0 Å². The summed E-state index contributed by atoms with van der Waals surface area (Å²) in [6.45, 7) is 3.22. The highest BCUT2D eigenvalue weighted by molar-refractivity contribution is 5.82. The maximum Gasteiger partial charge on any atom is 0.237 e. The molecule has 0 spiro atoms. The molecule has 0 saturated carbocycles. The summed E-state index contributed by atoms with van der Waals surface area (Å²) in [4.78, 5) is 15.2. The van der Waals surface area contributed by atoms with Crippen LogP contribution in [0.1, 0.15) is 47.7 Å². The molecule has 0 fully saturated rings. The number of carbonyl (C=O) groups excluding carboxylic acids is 1. The van der Waals surface area contributed by atoms with E-state index >= 15 is 0 Å². The van der Waals surface area contributed by atoms with Crippen LogP contribution in [0.3, 0.4) is 0 Å². The zero-order chi connectivity index (χ0) is 23.7. The van der Waals surface area contributed by atoms with E-state index in [-0.39, 0.29) is 29.8 Å². The number of likely N-dealkylation sites (N-methyl/N-ethyl adjacent to an activating group) is 1. The van der Waals surface area contributed by atoms with Crippen molar-refractivity contribution >= 4 is 5.91 Å². The number of phenols is 1. The number of fused-ring (bicyclic) bond motifs is 2. The largest absolute Gasteiger partial charge is 0.508 e. The molecule has 0 saturated heterocycles. The summed E-state index contributed by atoms with van der Waals surface area (Å²) in [7, 11) is 1.70. The first-order chi connectivity index (χ1) is 16.6. The van der Waals surface area contributed by atoms with Gasteiger partial charge in [-0.05, 0) is 59.4 Å². The molecule has 2 N–H and O–H groups in total. The average Bonchev–Trinajstić information content (AvgIpc) is 2.88. The van der Waals surface area contributed by atoms with Crippen molar-refractivity contribution in [2.24, 2.45) is 0 Å². The monoisotopic (exact) mass is 458 g/mol. The van der Waals surface area contributed by atoms with E-state index in [9.17, 15) is 9.90 Å². The van der Waals surface area contributed by atoms with Gasteiger partial charge in [0.2, 0.25) is 5.91 Å². The van der Waals surface area contributed by atoms with Crippen LogP contribution in [-0.4, -0.2) is 35.6 Å². The van der Waals surface area contributed by atoms with Gasteiger partial charge in [-0.15, -0.1) is 0 Å². The fraction of sp³-hybridized carbons (Fsp3) is 0.321. The Morgan fingerprint density at radius 2 is 1.82 bits per heavy atom. The smallest absolute Gasteiger partial charge is 0.237 e. The van der Waals surface area contributed by atoms with Crippen molar-refractivity contribution in [2.75, 3.05) is 13.7 Å². The zero-order valence-corrected chi connectivity index (χ0v) is 19.5. The second kappa shape index (κ2) is 9.39. The first-order valence-electron chi connectivity index (χ1n) is 11.8. The average molecular weight is 459 g/mol. The van der Waals surface area contributed by atoms with Crippen LogP contribution in [0.5, 0.6) is 17.2 Å². The van der Waals surface area contributed by atoms with Crippen molar-refractivity contribution < 1.29 is 19.4 Å². The molecule has 2 aliphatic rings. The maximum absolute atomic E-state index is 12.9. The molecule has 1 amide bonds. The third kappa shape index (κ3) is 4.21. The van der Waals surface area contributed by atoms with Crippen LogP contribution in [0, 0.1) is 0 Å². The molecule has 0 aromatic heterocycles. The number of carbonyl (C=O) groups is 1. The van der Waals surface area contributed by atoms with Crippen molar-refractivity contribution in [3.05, 3.63) is 89.0 Å². The Balaban J connectivity index is 1.47. The zero-order valence-electron chi connectivity index (χ0n) is 19.5. The highest BCUT2D eigenvalue weighted by Crippen LogP contribution is 2.42. The maximum atomic E-state index is 12.9. The number of nitrogens with one attached hydrogen (secondary N) is 1. The van der Waals surface area contributed by atoms with Crippen LogP contribution in [-0.2, 0) is 17.8 Å². The summed E-state index contributed by atoms with van der Waals surface area (Å²) in [5, 5.41) is 12.5. The number of phenolic OH excluding ortho intramolecular Hbond substituents is 1. The molecule has 0 bridgehead atoms. The molecule has 0 aliphatic carbocycles. The van der Waals surface area contributed by atoms with Crippen LogP contribution < -0.4 is 14.8 Å². The third-order valence-corrected chi connectivity index (χ3v) is 6.88. The van der Waals surface area contributed by atoms with Crippen molar-refractivity contribution in [1.82, 2.24) is 10.2 Å². The molecule has 6 nitrogen and oxygen atoms in total. The molecule has 2 aliphatic heterocycles. The molecule has 6 heteroatoms. The molecule has 34 heavy (non-hydrogen) atoms. The number of hydrogen-bond acceptors (Lipinski definition) is 5. The van der Waals surface area contributed by atoms with Crippen LogP contribution >= 0.6 is 0 Å². The SMILES string of the molecule is CC[C@@H](c1ccccc1)N1Cc2cc3c(cc2C[C@H]1C(=O)NC)OC[C@H](c1ccc(O)cc1)O3. The van der Waals surface area contributed by atoms with Crippen LogP contribution in [0.15, 0.2) is 66.7 Å². The first-order valence-corrected chi connectivity index (χ1v) is 11.8. The molecule has 2 heterocycles. The fourth-order valence-corrected chi connectivity index (χ4v) is 5.10. The lowest BCUT2D eigenvalue weighted by Crippen LogP contribution is -2.50. The predicted molar refractivity (Wildman–Crippen MR) is 130 cm³/mol. The van der Waals surface area contributed by atoms with E-state index in [1.54, 1.807) is 19.2 Å². The van der Waals surface area contributed by atoms with Gasteiger partial charge in [0.1, 0.15) is 12.4 Å². The Morgan fingerprint density at radius 3 is 2.53 bits per heavy atom. The van der Waals surface area contributed by atoms with E-state index in [2.05, 4.69) is 47.5 Å². The van der Waals surface area contributed by atoms with Gasteiger partial charge in [0, 0.05) is 19.6 Å². The second-order valence-corrected chi connectivity index (χ2v) is 8.92. The summed E-state index contributed by atoms with van der Waals surface area (Å²) in [6, 6.07) is 21.4. The van der Waals surface area contributed by atoms with Gasteiger partial charge in [-0.3, -0.25) is 9.69 Å². The molecule has 3 aromatic carbocycles. The molecule has 3 atom stereocenters. The Kier molecular flexibility index (Phi) is 6.16.